The molecule has 1 heterocycles. The van der Waals surface area contributed by atoms with Gasteiger partial charge in [-0.1, -0.05) is 23.7 Å². The number of rotatable bonds is 3. The van der Waals surface area contributed by atoms with E-state index in [1.165, 1.54) is 5.56 Å². The third-order valence-electron chi connectivity index (χ3n) is 2.87. The van der Waals surface area contributed by atoms with Crippen molar-refractivity contribution in [3.05, 3.63) is 28.8 Å². The van der Waals surface area contributed by atoms with Crippen molar-refractivity contribution in [2.75, 3.05) is 6.54 Å². The molecule has 0 fully saturated rings. The number of ether oxygens (including phenoxy) is 1. The Morgan fingerprint density at radius 3 is 3.00 bits per heavy atom. The topological polar surface area (TPSA) is 35.2 Å². The van der Waals surface area contributed by atoms with Gasteiger partial charge >= 0.3 is 0 Å². The van der Waals surface area contributed by atoms with Crippen LogP contribution in [0.2, 0.25) is 5.02 Å². The van der Waals surface area contributed by atoms with Crippen molar-refractivity contribution in [3.63, 3.8) is 0 Å². The molecule has 0 amide bonds. The lowest BCUT2D eigenvalue weighted by molar-refractivity contribution is 0.104. The van der Waals surface area contributed by atoms with Gasteiger partial charge in [-0.05, 0) is 37.9 Å². The van der Waals surface area contributed by atoms with E-state index in [1.807, 2.05) is 12.1 Å². The zero-order valence-corrected chi connectivity index (χ0v) is 9.68. The summed E-state index contributed by atoms with van der Waals surface area (Å²) in [5.74, 6) is 0.860. The number of nitrogens with two attached hydrogens (primary N) is 1. The Morgan fingerprint density at radius 1 is 1.53 bits per heavy atom. The van der Waals surface area contributed by atoms with E-state index >= 15 is 0 Å². The predicted molar refractivity (Wildman–Crippen MR) is 62.5 cm³/mol. The van der Waals surface area contributed by atoms with Crippen LogP contribution >= 0.6 is 11.6 Å². The highest BCUT2D eigenvalue weighted by Crippen LogP contribution is 2.41. The fourth-order valence-corrected chi connectivity index (χ4v) is 2.34. The predicted octanol–water partition coefficient (Wildman–Crippen LogP) is 2.77. The van der Waals surface area contributed by atoms with E-state index in [9.17, 15) is 0 Å². The molecule has 0 saturated carbocycles. The fourth-order valence-electron chi connectivity index (χ4n) is 2.11. The molecule has 1 aromatic carbocycles. The summed E-state index contributed by atoms with van der Waals surface area (Å²) in [6.45, 7) is 2.84. The highest BCUT2D eigenvalue weighted by molar-refractivity contribution is 6.32. The summed E-state index contributed by atoms with van der Waals surface area (Å²) in [7, 11) is 0. The van der Waals surface area contributed by atoms with Gasteiger partial charge in [0.05, 0.1) is 5.02 Å². The van der Waals surface area contributed by atoms with Crippen LogP contribution in [0.15, 0.2) is 18.2 Å². The van der Waals surface area contributed by atoms with E-state index in [-0.39, 0.29) is 5.60 Å². The molecule has 2 rings (SSSR count). The maximum Gasteiger partial charge on any atom is 0.142 e. The fraction of sp³-hybridized carbons (Fsp3) is 0.500. The van der Waals surface area contributed by atoms with E-state index in [2.05, 4.69) is 13.0 Å². The summed E-state index contributed by atoms with van der Waals surface area (Å²) in [4.78, 5) is 0. The van der Waals surface area contributed by atoms with Crippen molar-refractivity contribution in [2.45, 2.75) is 31.8 Å². The molecular weight excluding hydrogens is 210 g/mol. The van der Waals surface area contributed by atoms with E-state index in [0.29, 0.717) is 11.6 Å². The Labute approximate surface area is 95.4 Å². The molecule has 1 aliphatic rings. The Morgan fingerprint density at radius 2 is 2.33 bits per heavy atom. The minimum atomic E-state index is -0.118. The molecule has 0 radical (unpaired) electrons. The molecule has 2 nitrogen and oxygen atoms in total. The number of benzene rings is 1. The van der Waals surface area contributed by atoms with Crippen LogP contribution < -0.4 is 10.5 Å². The molecule has 0 saturated heterocycles. The Hall–Kier alpha value is -0.730. The van der Waals surface area contributed by atoms with E-state index < -0.39 is 0 Å². The normalized spacial score (nSPS) is 23.7. The second-order valence-electron chi connectivity index (χ2n) is 4.35. The lowest BCUT2D eigenvalue weighted by Crippen LogP contribution is -2.30. The van der Waals surface area contributed by atoms with Gasteiger partial charge in [0.2, 0.25) is 0 Å². The lowest BCUT2D eigenvalue weighted by atomic mass is 9.94. The highest BCUT2D eigenvalue weighted by Gasteiger charge is 2.35. The molecule has 1 aliphatic heterocycles. The number of para-hydroxylation sites is 1. The maximum absolute atomic E-state index is 6.08. The largest absolute Gasteiger partial charge is 0.485 e. The van der Waals surface area contributed by atoms with E-state index in [0.717, 1.165) is 25.0 Å². The van der Waals surface area contributed by atoms with Gasteiger partial charge in [-0.3, -0.25) is 0 Å². The van der Waals surface area contributed by atoms with Crippen LogP contribution in [0.25, 0.3) is 0 Å². The summed E-state index contributed by atoms with van der Waals surface area (Å²) in [6.07, 6.45) is 2.90. The molecular formula is C12H16ClNO. The summed E-state index contributed by atoms with van der Waals surface area (Å²) < 4.78 is 5.94. The van der Waals surface area contributed by atoms with Crippen molar-refractivity contribution < 1.29 is 4.74 Å². The first-order chi connectivity index (χ1) is 7.14. The van der Waals surface area contributed by atoms with Gasteiger partial charge in [0.25, 0.3) is 0 Å². The molecule has 0 spiro atoms. The quantitative estimate of drug-likeness (QED) is 0.859. The van der Waals surface area contributed by atoms with Crippen LogP contribution in [0.4, 0.5) is 0 Å². The molecule has 1 unspecified atom stereocenters. The zero-order chi connectivity index (χ0) is 10.9. The molecule has 3 heteroatoms. The monoisotopic (exact) mass is 225 g/mol. The third-order valence-corrected chi connectivity index (χ3v) is 3.17. The molecule has 15 heavy (non-hydrogen) atoms. The SMILES string of the molecule is CC1(CCCN)Cc2cccc(Cl)c2O1. The standard InChI is InChI=1S/C12H16ClNO/c1-12(6-3-7-14)8-9-4-2-5-10(13)11(9)15-12/h2,4-5H,3,6-8,14H2,1H3. The second-order valence-corrected chi connectivity index (χ2v) is 4.76. The summed E-state index contributed by atoms with van der Waals surface area (Å²) in [6, 6.07) is 5.92. The summed E-state index contributed by atoms with van der Waals surface area (Å²) in [5.41, 5.74) is 6.61. The van der Waals surface area contributed by atoms with Crippen molar-refractivity contribution in [2.24, 2.45) is 5.73 Å². The molecule has 0 aromatic heterocycles. The Balaban J connectivity index is 2.17. The van der Waals surface area contributed by atoms with Crippen molar-refractivity contribution >= 4 is 11.6 Å². The van der Waals surface area contributed by atoms with Crippen molar-refractivity contribution in [1.82, 2.24) is 0 Å². The molecule has 0 aliphatic carbocycles. The number of fused-ring (bicyclic) bond motifs is 1. The van der Waals surface area contributed by atoms with E-state index in [4.69, 9.17) is 22.1 Å². The highest BCUT2D eigenvalue weighted by atomic mass is 35.5. The first-order valence-corrected chi connectivity index (χ1v) is 5.69. The third kappa shape index (κ3) is 2.11. The minimum absolute atomic E-state index is 0.118. The second kappa shape index (κ2) is 4.03. The smallest absolute Gasteiger partial charge is 0.142 e. The molecule has 0 bridgehead atoms. The number of hydrogen-bond donors (Lipinski definition) is 1. The zero-order valence-electron chi connectivity index (χ0n) is 8.92. The molecule has 1 atom stereocenters. The maximum atomic E-state index is 6.08. The Bertz CT molecular complexity index is 367. The van der Waals surface area contributed by atoms with Gasteiger partial charge < -0.3 is 10.5 Å². The van der Waals surface area contributed by atoms with Crippen LogP contribution in [0.1, 0.15) is 25.3 Å². The average Bonchev–Trinajstić information content (AvgIpc) is 2.54. The van der Waals surface area contributed by atoms with Crippen LogP contribution in [-0.4, -0.2) is 12.1 Å². The van der Waals surface area contributed by atoms with Crippen LogP contribution in [-0.2, 0) is 6.42 Å². The van der Waals surface area contributed by atoms with Gasteiger partial charge in [0.1, 0.15) is 11.4 Å². The van der Waals surface area contributed by atoms with Crippen molar-refractivity contribution in [3.8, 4) is 5.75 Å². The van der Waals surface area contributed by atoms with Crippen LogP contribution in [0.5, 0.6) is 5.75 Å². The van der Waals surface area contributed by atoms with Gasteiger partial charge in [0, 0.05) is 6.42 Å². The molecule has 82 valence electrons. The first kappa shape index (κ1) is 10.8. The minimum Gasteiger partial charge on any atom is -0.485 e. The van der Waals surface area contributed by atoms with Crippen LogP contribution in [0.3, 0.4) is 0 Å². The number of halogens is 1. The van der Waals surface area contributed by atoms with Gasteiger partial charge in [-0.2, -0.15) is 0 Å². The van der Waals surface area contributed by atoms with Gasteiger partial charge in [-0.15, -0.1) is 0 Å². The number of hydrogen-bond acceptors (Lipinski definition) is 2. The summed E-state index contributed by atoms with van der Waals surface area (Å²) >= 11 is 6.08. The molecule has 1 aromatic rings. The van der Waals surface area contributed by atoms with Gasteiger partial charge in [-0.25, -0.2) is 0 Å². The molecule has 2 N–H and O–H groups in total. The summed E-state index contributed by atoms with van der Waals surface area (Å²) in [5, 5.41) is 0.712. The lowest BCUT2D eigenvalue weighted by Gasteiger charge is -2.23. The first-order valence-electron chi connectivity index (χ1n) is 5.31. The van der Waals surface area contributed by atoms with Crippen molar-refractivity contribution in [1.29, 1.82) is 0 Å². The van der Waals surface area contributed by atoms with Crippen LogP contribution in [0, 0.1) is 0 Å². The average molecular weight is 226 g/mol. The Kier molecular flexibility index (Phi) is 2.89. The van der Waals surface area contributed by atoms with E-state index in [1.54, 1.807) is 0 Å². The van der Waals surface area contributed by atoms with Gasteiger partial charge in [0.15, 0.2) is 0 Å².